The highest BCUT2D eigenvalue weighted by Gasteiger charge is 2.22. The van der Waals surface area contributed by atoms with Gasteiger partial charge in [0.05, 0.1) is 6.42 Å². The minimum Gasteiger partial charge on any atom is -0.481 e. The molecular weight excluding hydrogens is 292 g/mol. The Balaban J connectivity index is 1.66. The van der Waals surface area contributed by atoms with Crippen molar-refractivity contribution in [1.82, 2.24) is 4.90 Å². The molecule has 0 unspecified atom stereocenters. The summed E-state index contributed by atoms with van der Waals surface area (Å²) in [4.78, 5) is 26.6. The first kappa shape index (κ1) is 15.3. The van der Waals surface area contributed by atoms with Crippen LogP contribution in [-0.4, -0.2) is 48.1 Å². The summed E-state index contributed by atoms with van der Waals surface area (Å²) in [6, 6.07) is 14.6. The molecule has 1 amide bonds. The zero-order valence-electron chi connectivity index (χ0n) is 12.9. The van der Waals surface area contributed by atoms with Crippen LogP contribution in [0, 0.1) is 0 Å². The number of benzene rings is 2. The summed E-state index contributed by atoms with van der Waals surface area (Å²) in [5, 5.41) is 11.1. The van der Waals surface area contributed by atoms with Gasteiger partial charge in [0.1, 0.15) is 0 Å². The van der Waals surface area contributed by atoms with Crippen molar-refractivity contribution in [3.05, 3.63) is 42.5 Å². The summed E-state index contributed by atoms with van der Waals surface area (Å²) >= 11 is 0. The van der Waals surface area contributed by atoms with Gasteiger partial charge in [-0.05, 0) is 11.5 Å². The molecular formula is C18H20N2O3. The van der Waals surface area contributed by atoms with Crippen molar-refractivity contribution in [2.75, 3.05) is 31.1 Å². The maximum absolute atomic E-state index is 12.0. The Labute approximate surface area is 135 Å². The second-order valence-electron chi connectivity index (χ2n) is 5.76. The molecule has 2 aromatic carbocycles. The minimum absolute atomic E-state index is 0.0648. The van der Waals surface area contributed by atoms with Crippen LogP contribution < -0.4 is 4.90 Å². The number of carbonyl (C=O) groups excluding carboxylic acids is 1. The van der Waals surface area contributed by atoms with E-state index < -0.39 is 5.97 Å². The number of rotatable bonds is 4. The molecule has 0 aromatic heterocycles. The van der Waals surface area contributed by atoms with Gasteiger partial charge in [-0.1, -0.05) is 36.4 Å². The van der Waals surface area contributed by atoms with Crippen LogP contribution in [0.4, 0.5) is 5.69 Å². The third-order valence-corrected chi connectivity index (χ3v) is 4.29. The molecule has 1 aliphatic rings. The lowest BCUT2D eigenvalue weighted by atomic mass is 10.1. The largest absolute Gasteiger partial charge is 0.481 e. The first-order valence-corrected chi connectivity index (χ1v) is 7.87. The molecule has 5 nitrogen and oxygen atoms in total. The number of carboxylic acids is 1. The SMILES string of the molecule is O=C(O)CCC(=O)N1CCN(c2cccc3ccccc23)CC1. The van der Waals surface area contributed by atoms with E-state index in [2.05, 4.69) is 35.2 Å². The molecule has 1 saturated heterocycles. The van der Waals surface area contributed by atoms with Crippen molar-refractivity contribution in [3.8, 4) is 0 Å². The molecule has 1 N–H and O–H groups in total. The number of piperazine rings is 1. The van der Waals surface area contributed by atoms with Gasteiger partial charge >= 0.3 is 5.97 Å². The van der Waals surface area contributed by atoms with E-state index >= 15 is 0 Å². The molecule has 0 bridgehead atoms. The van der Waals surface area contributed by atoms with E-state index in [4.69, 9.17) is 5.11 Å². The number of anilines is 1. The Morgan fingerprint density at radius 3 is 2.35 bits per heavy atom. The lowest BCUT2D eigenvalue weighted by Crippen LogP contribution is -2.48. The Hall–Kier alpha value is -2.56. The van der Waals surface area contributed by atoms with Crippen LogP contribution >= 0.6 is 0 Å². The zero-order chi connectivity index (χ0) is 16.2. The number of hydrogen-bond donors (Lipinski definition) is 1. The summed E-state index contributed by atoms with van der Waals surface area (Å²) in [5.41, 5.74) is 1.20. The van der Waals surface area contributed by atoms with Gasteiger partial charge < -0.3 is 14.9 Å². The van der Waals surface area contributed by atoms with Gasteiger partial charge in [0.15, 0.2) is 0 Å². The van der Waals surface area contributed by atoms with Gasteiger partial charge in [-0.2, -0.15) is 0 Å². The van der Waals surface area contributed by atoms with Crippen molar-refractivity contribution in [2.45, 2.75) is 12.8 Å². The Morgan fingerprint density at radius 2 is 1.61 bits per heavy atom. The predicted molar refractivity (Wildman–Crippen MR) is 89.6 cm³/mol. The first-order chi connectivity index (χ1) is 11.1. The maximum Gasteiger partial charge on any atom is 0.303 e. The molecule has 2 aromatic rings. The molecule has 0 saturated carbocycles. The average Bonchev–Trinajstić information content (AvgIpc) is 2.59. The van der Waals surface area contributed by atoms with E-state index in [1.807, 2.05) is 12.1 Å². The number of amides is 1. The summed E-state index contributed by atoms with van der Waals surface area (Å²) in [6.45, 7) is 2.82. The minimum atomic E-state index is -0.923. The lowest BCUT2D eigenvalue weighted by Gasteiger charge is -2.36. The molecule has 3 rings (SSSR count). The number of carbonyl (C=O) groups is 2. The number of hydrogen-bond acceptors (Lipinski definition) is 3. The van der Waals surface area contributed by atoms with Crippen molar-refractivity contribution < 1.29 is 14.7 Å². The quantitative estimate of drug-likeness (QED) is 0.941. The Kier molecular flexibility index (Phi) is 4.46. The van der Waals surface area contributed by atoms with Crippen molar-refractivity contribution >= 4 is 28.3 Å². The van der Waals surface area contributed by atoms with Crippen LogP contribution in [0.25, 0.3) is 10.8 Å². The summed E-state index contributed by atoms with van der Waals surface area (Å²) in [6.07, 6.45) is -0.00796. The van der Waals surface area contributed by atoms with Crippen molar-refractivity contribution in [2.24, 2.45) is 0 Å². The number of fused-ring (bicyclic) bond motifs is 1. The third kappa shape index (κ3) is 3.44. The molecule has 23 heavy (non-hydrogen) atoms. The molecule has 5 heteroatoms. The topological polar surface area (TPSA) is 60.9 Å². The molecule has 1 fully saturated rings. The van der Waals surface area contributed by atoms with Crippen LogP contribution in [0.15, 0.2) is 42.5 Å². The first-order valence-electron chi connectivity index (χ1n) is 7.87. The van der Waals surface area contributed by atoms with E-state index in [1.165, 1.54) is 16.5 Å². The number of carboxylic acid groups (broad SMARTS) is 1. The predicted octanol–water partition coefficient (Wildman–Crippen LogP) is 2.35. The lowest BCUT2D eigenvalue weighted by molar-refractivity contribution is -0.141. The monoisotopic (exact) mass is 312 g/mol. The van der Waals surface area contributed by atoms with Gasteiger partial charge in [-0.15, -0.1) is 0 Å². The van der Waals surface area contributed by atoms with Crippen LogP contribution in [0.2, 0.25) is 0 Å². The molecule has 0 radical (unpaired) electrons. The smallest absolute Gasteiger partial charge is 0.303 e. The van der Waals surface area contributed by atoms with E-state index in [9.17, 15) is 9.59 Å². The molecule has 1 aliphatic heterocycles. The highest BCUT2D eigenvalue weighted by Crippen LogP contribution is 2.27. The molecule has 0 atom stereocenters. The van der Waals surface area contributed by atoms with E-state index in [0.717, 1.165) is 13.1 Å². The van der Waals surface area contributed by atoms with Crippen molar-refractivity contribution in [1.29, 1.82) is 0 Å². The second kappa shape index (κ2) is 6.69. The summed E-state index contributed by atoms with van der Waals surface area (Å²) < 4.78 is 0. The fourth-order valence-electron chi connectivity index (χ4n) is 3.05. The van der Waals surface area contributed by atoms with Crippen LogP contribution in [0.1, 0.15) is 12.8 Å². The molecule has 0 spiro atoms. The zero-order valence-corrected chi connectivity index (χ0v) is 12.9. The average molecular weight is 312 g/mol. The van der Waals surface area contributed by atoms with Gasteiger partial charge in [0, 0.05) is 43.7 Å². The Bertz CT molecular complexity index is 716. The summed E-state index contributed by atoms with van der Waals surface area (Å²) in [7, 11) is 0. The van der Waals surface area contributed by atoms with Crippen LogP contribution in [0.3, 0.4) is 0 Å². The van der Waals surface area contributed by atoms with Gasteiger partial charge in [-0.25, -0.2) is 0 Å². The Morgan fingerprint density at radius 1 is 0.913 bits per heavy atom. The van der Waals surface area contributed by atoms with E-state index in [-0.39, 0.29) is 18.7 Å². The fourth-order valence-corrected chi connectivity index (χ4v) is 3.05. The maximum atomic E-state index is 12.0. The third-order valence-electron chi connectivity index (χ3n) is 4.29. The van der Waals surface area contributed by atoms with Gasteiger partial charge in [0.25, 0.3) is 0 Å². The number of nitrogens with zero attached hydrogens (tertiary/aromatic N) is 2. The van der Waals surface area contributed by atoms with E-state index in [1.54, 1.807) is 4.90 Å². The summed E-state index contributed by atoms with van der Waals surface area (Å²) in [5.74, 6) is -0.988. The molecule has 120 valence electrons. The molecule has 1 heterocycles. The number of aliphatic carboxylic acids is 1. The normalized spacial score (nSPS) is 15.0. The van der Waals surface area contributed by atoms with Gasteiger partial charge in [-0.3, -0.25) is 9.59 Å². The van der Waals surface area contributed by atoms with Crippen LogP contribution in [-0.2, 0) is 9.59 Å². The van der Waals surface area contributed by atoms with E-state index in [0.29, 0.717) is 13.1 Å². The highest BCUT2D eigenvalue weighted by atomic mass is 16.4. The van der Waals surface area contributed by atoms with Crippen LogP contribution in [0.5, 0.6) is 0 Å². The standard InChI is InChI=1S/C18H20N2O3/c21-17(8-9-18(22)23)20-12-10-19(11-13-20)16-7-3-5-14-4-1-2-6-15(14)16/h1-7H,8-13H2,(H,22,23). The van der Waals surface area contributed by atoms with Gasteiger partial charge in [0.2, 0.25) is 5.91 Å². The highest BCUT2D eigenvalue weighted by molar-refractivity contribution is 5.94. The fraction of sp³-hybridized carbons (Fsp3) is 0.333. The second-order valence-corrected chi connectivity index (χ2v) is 5.76. The van der Waals surface area contributed by atoms with Crippen molar-refractivity contribution in [3.63, 3.8) is 0 Å². The molecule has 0 aliphatic carbocycles.